The molecule has 0 aliphatic carbocycles. The Balaban J connectivity index is 1.76. The molecule has 1 aliphatic rings. The number of hydrogen-bond acceptors (Lipinski definition) is 5. The van der Waals surface area contributed by atoms with Crippen LogP contribution >= 0.6 is 0 Å². The van der Waals surface area contributed by atoms with Crippen LogP contribution in [0.25, 0.3) is 0 Å². The van der Waals surface area contributed by atoms with E-state index in [1.54, 1.807) is 0 Å². The highest BCUT2D eigenvalue weighted by molar-refractivity contribution is 5.60. The van der Waals surface area contributed by atoms with Crippen molar-refractivity contribution in [3.63, 3.8) is 0 Å². The first-order chi connectivity index (χ1) is 10.1. The minimum Gasteiger partial charge on any atom is -0.399 e. The van der Waals surface area contributed by atoms with Crippen LogP contribution in [-0.4, -0.2) is 16.7 Å². The fourth-order valence-corrected chi connectivity index (χ4v) is 2.82. The molecule has 1 aromatic heterocycles. The molecular formula is C16H22N4O. The Morgan fingerprint density at radius 1 is 1.38 bits per heavy atom. The second kappa shape index (κ2) is 5.76. The van der Waals surface area contributed by atoms with E-state index < -0.39 is 0 Å². The van der Waals surface area contributed by atoms with Gasteiger partial charge in [-0.15, -0.1) is 0 Å². The van der Waals surface area contributed by atoms with Gasteiger partial charge < -0.3 is 15.2 Å². The molecule has 2 aromatic rings. The number of nitrogen functional groups attached to an aromatic ring is 1. The molecule has 0 saturated carbocycles. The van der Waals surface area contributed by atoms with Crippen LogP contribution in [0.5, 0.6) is 0 Å². The van der Waals surface area contributed by atoms with Gasteiger partial charge in [-0.1, -0.05) is 19.0 Å². The highest BCUT2D eigenvalue weighted by Crippen LogP contribution is 2.29. The van der Waals surface area contributed by atoms with Crippen LogP contribution in [0.15, 0.2) is 22.7 Å². The molecule has 0 unspecified atom stereocenters. The summed E-state index contributed by atoms with van der Waals surface area (Å²) in [5, 5.41) is 4.06. The van der Waals surface area contributed by atoms with E-state index in [-0.39, 0.29) is 0 Å². The maximum Gasteiger partial charge on any atom is 0.246 e. The predicted octanol–water partition coefficient (Wildman–Crippen LogP) is 2.80. The van der Waals surface area contributed by atoms with Crippen LogP contribution in [0.3, 0.4) is 0 Å². The van der Waals surface area contributed by atoms with Gasteiger partial charge in [0.15, 0.2) is 5.82 Å². The van der Waals surface area contributed by atoms with Gasteiger partial charge in [0, 0.05) is 24.3 Å². The minimum absolute atomic E-state index is 0.536. The zero-order chi connectivity index (χ0) is 14.8. The Morgan fingerprint density at radius 2 is 2.24 bits per heavy atom. The third-order valence-corrected chi connectivity index (χ3v) is 3.75. The van der Waals surface area contributed by atoms with Crippen molar-refractivity contribution in [2.75, 3.05) is 17.2 Å². The maximum atomic E-state index is 5.87. The minimum atomic E-state index is 0.536. The molecule has 21 heavy (non-hydrogen) atoms. The summed E-state index contributed by atoms with van der Waals surface area (Å²) in [6, 6.07) is 6.11. The highest BCUT2D eigenvalue weighted by atomic mass is 16.5. The Kier molecular flexibility index (Phi) is 3.82. The van der Waals surface area contributed by atoms with E-state index in [2.05, 4.69) is 41.0 Å². The zero-order valence-corrected chi connectivity index (χ0v) is 12.7. The molecule has 112 valence electrons. The lowest BCUT2D eigenvalue weighted by Gasteiger charge is -2.30. The van der Waals surface area contributed by atoms with E-state index in [0.717, 1.165) is 37.3 Å². The van der Waals surface area contributed by atoms with Crippen molar-refractivity contribution < 1.29 is 4.52 Å². The molecule has 1 aromatic carbocycles. The fraction of sp³-hybridized carbons (Fsp3) is 0.500. The average Bonchev–Trinajstić information content (AvgIpc) is 2.85. The lowest BCUT2D eigenvalue weighted by atomic mass is 10.0. The van der Waals surface area contributed by atoms with Crippen molar-refractivity contribution in [2.45, 2.75) is 39.7 Å². The van der Waals surface area contributed by atoms with Gasteiger partial charge in [0.1, 0.15) is 0 Å². The summed E-state index contributed by atoms with van der Waals surface area (Å²) >= 11 is 0. The van der Waals surface area contributed by atoms with Gasteiger partial charge in [-0.3, -0.25) is 0 Å². The summed E-state index contributed by atoms with van der Waals surface area (Å²) in [6.45, 7) is 5.99. The first-order valence-electron chi connectivity index (χ1n) is 7.56. The number of hydrogen-bond donors (Lipinski definition) is 1. The first kappa shape index (κ1) is 13.9. The molecule has 2 heterocycles. The molecule has 5 nitrogen and oxygen atoms in total. The lowest BCUT2D eigenvalue weighted by molar-refractivity contribution is 0.368. The van der Waals surface area contributed by atoms with E-state index >= 15 is 0 Å². The Hall–Kier alpha value is -2.04. The fourth-order valence-electron chi connectivity index (χ4n) is 2.82. The number of aryl methyl sites for hydroxylation is 1. The molecule has 0 amide bonds. The number of rotatable bonds is 4. The van der Waals surface area contributed by atoms with Gasteiger partial charge in [0.2, 0.25) is 5.89 Å². The predicted molar refractivity (Wildman–Crippen MR) is 83.1 cm³/mol. The molecule has 0 radical (unpaired) electrons. The van der Waals surface area contributed by atoms with Gasteiger partial charge in [-0.05, 0) is 42.5 Å². The van der Waals surface area contributed by atoms with E-state index in [4.69, 9.17) is 10.3 Å². The number of benzene rings is 1. The van der Waals surface area contributed by atoms with Gasteiger partial charge >= 0.3 is 0 Å². The number of nitrogens with two attached hydrogens (primary N) is 1. The highest BCUT2D eigenvalue weighted by Gasteiger charge is 2.19. The first-order valence-corrected chi connectivity index (χ1v) is 7.56. The summed E-state index contributed by atoms with van der Waals surface area (Å²) in [5.41, 5.74) is 9.24. The van der Waals surface area contributed by atoms with Crippen LogP contribution in [0, 0.1) is 5.92 Å². The van der Waals surface area contributed by atoms with E-state index in [1.807, 2.05) is 6.07 Å². The number of anilines is 2. The third-order valence-electron chi connectivity index (χ3n) is 3.75. The van der Waals surface area contributed by atoms with Crippen LogP contribution < -0.4 is 10.6 Å². The van der Waals surface area contributed by atoms with Crippen molar-refractivity contribution in [3.8, 4) is 0 Å². The molecule has 3 rings (SSSR count). The molecular weight excluding hydrogens is 264 g/mol. The van der Waals surface area contributed by atoms with Gasteiger partial charge in [-0.2, -0.15) is 4.98 Å². The summed E-state index contributed by atoms with van der Waals surface area (Å²) in [4.78, 5) is 6.79. The normalized spacial score (nSPS) is 14.5. The van der Waals surface area contributed by atoms with E-state index in [0.29, 0.717) is 18.4 Å². The quantitative estimate of drug-likeness (QED) is 0.875. The number of fused-ring (bicyclic) bond motifs is 1. The van der Waals surface area contributed by atoms with Crippen molar-refractivity contribution >= 4 is 11.4 Å². The number of nitrogens with zero attached hydrogens (tertiary/aromatic N) is 3. The van der Waals surface area contributed by atoms with Crippen LogP contribution in [0.2, 0.25) is 0 Å². The summed E-state index contributed by atoms with van der Waals surface area (Å²) in [5.74, 6) is 2.03. The SMILES string of the molecule is CC(C)Cc1noc(CN2CCCc3cc(N)ccc32)n1. The largest absolute Gasteiger partial charge is 0.399 e. The van der Waals surface area contributed by atoms with Gasteiger partial charge in [0.05, 0.1) is 6.54 Å². The van der Waals surface area contributed by atoms with Crippen molar-refractivity contribution in [1.29, 1.82) is 0 Å². The molecule has 5 heteroatoms. The van der Waals surface area contributed by atoms with Gasteiger partial charge in [-0.25, -0.2) is 0 Å². The second-order valence-corrected chi connectivity index (χ2v) is 6.12. The summed E-state index contributed by atoms with van der Waals surface area (Å²) in [7, 11) is 0. The zero-order valence-electron chi connectivity index (χ0n) is 12.7. The lowest BCUT2D eigenvalue weighted by Crippen LogP contribution is -2.29. The molecule has 2 N–H and O–H groups in total. The molecule has 0 atom stereocenters. The molecule has 0 saturated heterocycles. The average molecular weight is 286 g/mol. The monoisotopic (exact) mass is 286 g/mol. The Morgan fingerprint density at radius 3 is 3.05 bits per heavy atom. The molecule has 0 fully saturated rings. The van der Waals surface area contributed by atoms with Crippen molar-refractivity contribution in [3.05, 3.63) is 35.5 Å². The Bertz CT molecular complexity index is 620. The maximum absolute atomic E-state index is 5.87. The van der Waals surface area contributed by atoms with Crippen molar-refractivity contribution in [1.82, 2.24) is 10.1 Å². The van der Waals surface area contributed by atoms with Crippen molar-refractivity contribution in [2.24, 2.45) is 5.92 Å². The standard InChI is InChI=1S/C16H22N4O/c1-11(2)8-15-18-16(21-19-15)10-20-7-3-4-12-9-13(17)5-6-14(12)20/h5-6,9,11H,3-4,7-8,10,17H2,1-2H3. The third kappa shape index (κ3) is 3.17. The summed E-state index contributed by atoms with van der Waals surface area (Å²) in [6.07, 6.45) is 3.07. The number of aromatic nitrogens is 2. The summed E-state index contributed by atoms with van der Waals surface area (Å²) < 4.78 is 5.38. The topological polar surface area (TPSA) is 68.2 Å². The smallest absolute Gasteiger partial charge is 0.246 e. The molecule has 0 bridgehead atoms. The van der Waals surface area contributed by atoms with Gasteiger partial charge in [0.25, 0.3) is 0 Å². The molecule has 0 spiro atoms. The second-order valence-electron chi connectivity index (χ2n) is 6.12. The van der Waals surface area contributed by atoms with Crippen LogP contribution in [0.4, 0.5) is 11.4 Å². The van der Waals surface area contributed by atoms with E-state index in [9.17, 15) is 0 Å². The Labute approximate surface area is 125 Å². The van der Waals surface area contributed by atoms with Crippen LogP contribution in [0.1, 0.15) is 37.5 Å². The molecule has 1 aliphatic heterocycles. The van der Waals surface area contributed by atoms with Crippen LogP contribution in [-0.2, 0) is 19.4 Å². The van der Waals surface area contributed by atoms with E-state index in [1.165, 1.54) is 11.3 Å².